The van der Waals surface area contributed by atoms with Crippen LogP contribution in [0.25, 0.3) is 0 Å². The van der Waals surface area contributed by atoms with Gasteiger partial charge in [-0.05, 0) is 45.4 Å². The minimum atomic E-state index is -0.654. The number of nitrogens with one attached hydrogen (secondary N) is 2. The quantitative estimate of drug-likeness (QED) is 0.585. The number of urea groups is 1. The first-order valence-electron chi connectivity index (χ1n) is 8.82. The van der Waals surface area contributed by atoms with Crippen LogP contribution in [0.3, 0.4) is 0 Å². The summed E-state index contributed by atoms with van der Waals surface area (Å²) in [6.45, 7) is 7.01. The van der Waals surface area contributed by atoms with Crippen LogP contribution in [0.15, 0.2) is 27.9 Å². The predicted molar refractivity (Wildman–Crippen MR) is 105 cm³/mol. The van der Waals surface area contributed by atoms with Crippen molar-refractivity contribution >= 4 is 33.7 Å². The first kappa shape index (κ1) is 21.7. The molecule has 0 aromatic heterocycles. The second-order valence-corrected chi connectivity index (χ2v) is 6.83. The zero-order valence-electron chi connectivity index (χ0n) is 16.2. The first-order valence-corrected chi connectivity index (χ1v) is 9.61. The number of hydrogen-bond acceptors (Lipinski definition) is 6. The molecule has 1 unspecified atom stereocenters. The van der Waals surface area contributed by atoms with Gasteiger partial charge in [0.1, 0.15) is 0 Å². The zero-order valence-corrected chi connectivity index (χ0v) is 17.8. The van der Waals surface area contributed by atoms with Crippen LogP contribution in [0.2, 0.25) is 0 Å². The molecule has 152 valence electrons. The first-order chi connectivity index (χ1) is 13.3. The summed E-state index contributed by atoms with van der Waals surface area (Å²) in [5.74, 6) is 0.0740. The second kappa shape index (κ2) is 9.59. The van der Waals surface area contributed by atoms with Crippen LogP contribution in [-0.2, 0) is 14.3 Å². The molecule has 0 radical (unpaired) electrons. The summed E-state index contributed by atoms with van der Waals surface area (Å²) < 4.78 is 16.6. The van der Waals surface area contributed by atoms with Crippen molar-refractivity contribution in [1.29, 1.82) is 0 Å². The van der Waals surface area contributed by atoms with Gasteiger partial charge in [-0.25, -0.2) is 9.59 Å². The monoisotopic (exact) mass is 454 g/mol. The Labute approximate surface area is 171 Å². The number of halogens is 1. The van der Waals surface area contributed by atoms with E-state index in [-0.39, 0.29) is 19.0 Å². The van der Waals surface area contributed by atoms with Crippen LogP contribution in [0.1, 0.15) is 39.3 Å². The Balaban J connectivity index is 2.43. The van der Waals surface area contributed by atoms with E-state index < -0.39 is 18.0 Å². The van der Waals surface area contributed by atoms with Gasteiger partial charge < -0.3 is 24.8 Å². The number of carbonyl (C=O) groups excluding carboxylic acids is 3. The third-order valence-corrected chi connectivity index (χ3v) is 4.66. The highest BCUT2D eigenvalue weighted by Gasteiger charge is 2.31. The van der Waals surface area contributed by atoms with Crippen LogP contribution in [0.4, 0.5) is 4.79 Å². The molecule has 8 nitrogen and oxygen atoms in total. The van der Waals surface area contributed by atoms with Gasteiger partial charge in [-0.2, -0.15) is 0 Å². The molecule has 0 fully saturated rings. The number of rotatable bonds is 8. The number of Topliss-reactive ketones (excluding diaryl/α,β-unsaturated/α-hetero) is 1. The summed E-state index contributed by atoms with van der Waals surface area (Å²) in [5, 5.41) is 5.37. The molecule has 0 aliphatic carbocycles. The fraction of sp³-hybridized carbons (Fsp3) is 0.421. The van der Waals surface area contributed by atoms with Crippen molar-refractivity contribution in [1.82, 2.24) is 10.6 Å². The minimum Gasteiger partial charge on any atom is -0.490 e. The van der Waals surface area contributed by atoms with E-state index in [0.29, 0.717) is 39.4 Å². The highest BCUT2D eigenvalue weighted by atomic mass is 79.9. The number of esters is 1. The molecule has 0 spiro atoms. The summed E-state index contributed by atoms with van der Waals surface area (Å²) in [6, 6.07) is 2.26. The molecular weight excluding hydrogens is 432 g/mol. The van der Waals surface area contributed by atoms with Gasteiger partial charge in [-0.15, -0.1) is 0 Å². The van der Waals surface area contributed by atoms with Gasteiger partial charge in [0.05, 0.1) is 19.3 Å². The lowest BCUT2D eigenvalue weighted by molar-refractivity contribution is -0.145. The van der Waals surface area contributed by atoms with E-state index in [9.17, 15) is 14.4 Å². The molecule has 1 atom stereocenters. The van der Waals surface area contributed by atoms with Crippen molar-refractivity contribution in [2.24, 2.45) is 0 Å². The summed E-state index contributed by atoms with van der Waals surface area (Å²) in [5.41, 5.74) is 1.57. The maximum Gasteiger partial charge on any atom is 0.344 e. The van der Waals surface area contributed by atoms with Crippen molar-refractivity contribution in [2.75, 3.05) is 19.8 Å². The smallest absolute Gasteiger partial charge is 0.344 e. The van der Waals surface area contributed by atoms with E-state index >= 15 is 0 Å². The van der Waals surface area contributed by atoms with Crippen molar-refractivity contribution < 1.29 is 28.6 Å². The molecule has 1 aliphatic rings. The average Bonchev–Trinajstić information content (AvgIpc) is 2.60. The number of carbonyl (C=O) groups is 3. The van der Waals surface area contributed by atoms with E-state index in [1.54, 1.807) is 26.0 Å². The fourth-order valence-corrected chi connectivity index (χ4v) is 3.44. The molecule has 28 heavy (non-hydrogen) atoms. The van der Waals surface area contributed by atoms with Crippen LogP contribution in [-0.4, -0.2) is 37.6 Å². The van der Waals surface area contributed by atoms with Crippen molar-refractivity contribution in [3.05, 3.63) is 33.4 Å². The number of amides is 2. The van der Waals surface area contributed by atoms with E-state index in [1.165, 1.54) is 6.92 Å². The van der Waals surface area contributed by atoms with E-state index in [2.05, 4.69) is 26.6 Å². The summed E-state index contributed by atoms with van der Waals surface area (Å²) in [6.07, 6.45) is 0. The molecule has 0 saturated heterocycles. The minimum absolute atomic E-state index is 0.164. The number of hydrogen-bond donors (Lipinski definition) is 2. The van der Waals surface area contributed by atoms with E-state index in [1.807, 2.05) is 6.92 Å². The van der Waals surface area contributed by atoms with Gasteiger partial charge in [0.15, 0.2) is 23.9 Å². The summed E-state index contributed by atoms with van der Waals surface area (Å²) >= 11 is 3.46. The SMILES string of the molecule is CCOC(=O)COc1cc(Br)c(C2NC(=O)NC(C)=C2C(C)=O)cc1OCC. The molecule has 0 bridgehead atoms. The number of ketones is 1. The third-order valence-electron chi connectivity index (χ3n) is 3.97. The number of benzene rings is 1. The Bertz CT molecular complexity index is 821. The largest absolute Gasteiger partial charge is 0.490 e. The maximum atomic E-state index is 12.2. The van der Waals surface area contributed by atoms with Gasteiger partial charge in [0.2, 0.25) is 0 Å². The molecule has 2 rings (SSSR count). The van der Waals surface area contributed by atoms with E-state index in [0.717, 1.165) is 0 Å². The van der Waals surface area contributed by atoms with Crippen molar-refractivity contribution in [2.45, 2.75) is 33.7 Å². The Morgan fingerprint density at radius 3 is 2.43 bits per heavy atom. The predicted octanol–water partition coefficient (Wildman–Crippen LogP) is 3.01. The Hall–Kier alpha value is -2.55. The molecule has 1 aliphatic heterocycles. The third kappa shape index (κ3) is 5.03. The lowest BCUT2D eigenvalue weighted by atomic mass is 9.93. The lowest BCUT2D eigenvalue weighted by Gasteiger charge is -2.29. The topological polar surface area (TPSA) is 103 Å². The molecule has 2 amide bonds. The van der Waals surface area contributed by atoms with Crippen LogP contribution >= 0.6 is 15.9 Å². The maximum absolute atomic E-state index is 12.2. The van der Waals surface area contributed by atoms with Crippen LogP contribution < -0.4 is 20.1 Å². The van der Waals surface area contributed by atoms with Crippen molar-refractivity contribution in [3.63, 3.8) is 0 Å². The highest BCUT2D eigenvalue weighted by molar-refractivity contribution is 9.10. The highest BCUT2D eigenvalue weighted by Crippen LogP contribution is 2.39. The standard InChI is InChI=1S/C19H23BrN2O6/c1-5-26-14-7-12(13(20)8-15(14)28-9-16(24)27-6-2)18-17(11(4)23)10(3)21-19(25)22-18/h7-8,18H,5-6,9H2,1-4H3,(H2,21,22,25). The Morgan fingerprint density at radius 2 is 1.82 bits per heavy atom. The van der Waals surface area contributed by atoms with Crippen molar-refractivity contribution in [3.8, 4) is 11.5 Å². The molecule has 2 N–H and O–H groups in total. The van der Waals surface area contributed by atoms with Gasteiger partial charge in [0.25, 0.3) is 0 Å². The number of allylic oxidation sites excluding steroid dienone is 1. The van der Waals surface area contributed by atoms with Crippen LogP contribution in [0, 0.1) is 0 Å². The molecule has 0 saturated carbocycles. The van der Waals surface area contributed by atoms with Gasteiger partial charge in [-0.3, -0.25) is 4.79 Å². The lowest BCUT2D eigenvalue weighted by Crippen LogP contribution is -2.44. The van der Waals surface area contributed by atoms with E-state index in [4.69, 9.17) is 14.2 Å². The molecule has 1 heterocycles. The Kier molecular flexibility index (Phi) is 7.45. The average molecular weight is 455 g/mol. The normalized spacial score (nSPS) is 16.2. The van der Waals surface area contributed by atoms with Crippen LogP contribution in [0.5, 0.6) is 11.5 Å². The van der Waals surface area contributed by atoms with Gasteiger partial charge >= 0.3 is 12.0 Å². The fourth-order valence-electron chi connectivity index (χ4n) is 2.89. The molecule has 1 aromatic rings. The number of ether oxygens (including phenoxy) is 3. The van der Waals surface area contributed by atoms with Gasteiger partial charge in [0, 0.05) is 15.7 Å². The zero-order chi connectivity index (χ0) is 20.8. The Morgan fingerprint density at radius 1 is 1.14 bits per heavy atom. The summed E-state index contributed by atoms with van der Waals surface area (Å²) in [7, 11) is 0. The second-order valence-electron chi connectivity index (χ2n) is 5.97. The molecular formula is C19H23BrN2O6. The van der Waals surface area contributed by atoms with Gasteiger partial charge in [-0.1, -0.05) is 15.9 Å². The summed E-state index contributed by atoms with van der Waals surface area (Å²) in [4.78, 5) is 35.7. The molecule has 9 heteroatoms. The molecule has 1 aromatic carbocycles.